The van der Waals surface area contributed by atoms with E-state index in [1.54, 1.807) is 0 Å². The Kier molecular flexibility index (Phi) is 3.66. The van der Waals surface area contributed by atoms with Gasteiger partial charge in [-0.05, 0) is 25.5 Å². The second kappa shape index (κ2) is 5.43. The molecular formula is C14H16BrN3O. The van der Waals surface area contributed by atoms with Gasteiger partial charge in [0, 0.05) is 11.6 Å². The zero-order valence-corrected chi connectivity index (χ0v) is 12.4. The van der Waals surface area contributed by atoms with Crippen LogP contribution >= 0.6 is 15.9 Å². The van der Waals surface area contributed by atoms with Crippen LogP contribution in [0.15, 0.2) is 30.3 Å². The zero-order valence-electron chi connectivity index (χ0n) is 10.8. The van der Waals surface area contributed by atoms with Crippen LogP contribution in [-0.2, 0) is 10.1 Å². The number of nitrogens with zero attached hydrogens (tertiary/aromatic N) is 3. The number of hydrogen-bond acceptors (Lipinski definition) is 3. The van der Waals surface area contributed by atoms with Crippen molar-refractivity contribution in [1.82, 2.24) is 14.8 Å². The van der Waals surface area contributed by atoms with E-state index in [0.29, 0.717) is 17.4 Å². The molecule has 1 saturated heterocycles. The average molecular weight is 322 g/mol. The van der Waals surface area contributed by atoms with Gasteiger partial charge in [0.25, 0.3) is 0 Å². The number of aromatic nitrogens is 3. The highest BCUT2D eigenvalue weighted by atomic mass is 79.9. The van der Waals surface area contributed by atoms with Crippen LogP contribution in [-0.4, -0.2) is 27.5 Å². The Hall–Kier alpha value is -1.20. The maximum absolute atomic E-state index is 5.66. The van der Waals surface area contributed by atoms with Crippen molar-refractivity contribution in [1.29, 1.82) is 0 Å². The van der Waals surface area contributed by atoms with Gasteiger partial charge in [-0.3, -0.25) is 4.57 Å². The Morgan fingerprint density at radius 2 is 2.11 bits per heavy atom. The molecule has 0 aliphatic carbocycles. The maximum Gasteiger partial charge on any atom is 0.148 e. The second-order valence-corrected chi connectivity index (χ2v) is 5.42. The third-order valence-corrected chi connectivity index (χ3v) is 3.95. The first-order chi connectivity index (χ1) is 9.29. The summed E-state index contributed by atoms with van der Waals surface area (Å²) in [4.78, 5) is 0. The molecule has 1 aromatic heterocycles. The highest BCUT2D eigenvalue weighted by molar-refractivity contribution is 9.08. The van der Waals surface area contributed by atoms with Crippen LogP contribution in [0.4, 0.5) is 0 Å². The van der Waals surface area contributed by atoms with Gasteiger partial charge in [-0.15, -0.1) is 10.2 Å². The first-order valence-corrected chi connectivity index (χ1v) is 7.59. The molecule has 0 bridgehead atoms. The van der Waals surface area contributed by atoms with Crippen molar-refractivity contribution >= 4 is 15.9 Å². The molecule has 1 fully saturated rings. The third-order valence-electron chi connectivity index (χ3n) is 3.45. The summed E-state index contributed by atoms with van der Waals surface area (Å²) in [7, 11) is 0. The van der Waals surface area contributed by atoms with Crippen LogP contribution in [0.3, 0.4) is 0 Å². The van der Waals surface area contributed by atoms with Crippen molar-refractivity contribution in [3.8, 4) is 5.69 Å². The molecule has 19 heavy (non-hydrogen) atoms. The molecule has 2 aromatic rings. The second-order valence-electron chi connectivity index (χ2n) is 4.86. The van der Waals surface area contributed by atoms with Crippen molar-refractivity contribution in [3.05, 3.63) is 42.0 Å². The van der Waals surface area contributed by atoms with Crippen LogP contribution in [0.2, 0.25) is 0 Å². The molecule has 3 rings (SSSR count). The van der Waals surface area contributed by atoms with Crippen LogP contribution < -0.4 is 0 Å². The third kappa shape index (κ3) is 2.44. The first-order valence-electron chi connectivity index (χ1n) is 6.46. The molecule has 0 saturated carbocycles. The van der Waals surface area contributed by atoms with Crippen molar-refractivity contribution in [2.24, 2.45) is 0 Å². The van der Waals surface area contributed by atoms with E-state index >= 15 is 0 Å². The molecule has 4 nitrogen and oxygen atoms in total. The Balaban J connectivity index is 2.04. The van der Waals surface area contributed by atoms with E-state index in [0.717, 1.165) is 30.4 Å². The highest BCUT2D eigenvalue weighted by Gasteiger charge is 2.29. The SMILES string of the molecule is CC1CC(c2nnc(CBr)n2-c2ccccc2)CO1. The Morgan fingerprint density at radius 1 is 1.32 bits per heavy atom. The van der Waals surface area contributed by atoms with E-state index in [4.69, 9.17) is 4.74 Å². The minimum atomic E-state index is 0.304. The summed E-state index contributed by atoms with van der Waals surface area (Å²) in [6, 6.07) is 10.2. The molecule has 0 spiro atoms. The summed E-state index contributed by atoms with van der Waals surface area (Å²) >= 11 is 3.48. The fourth-order valence-electron chi connectivity index (χ4n) is 2.54. The van der Waals surface area contributed by atoms with Crippen molar-refractivity contribution < 1.29 is 4.74 Å². The molecule has 0 radical (unpaired) electrons. The normalized spacial score (nSPS) is 22.8. The largest absolute Gasteiger partial charge is 0.378 e. The van der Waals surface area contributed by atoms with Gasteiger partial charge >= 0.3 is 0 Å². The molecule has 1 aliphatic rings. The summed E-state index contributed by atoms with van der Waals surface area (Å²) < 4.78 is 7.80. The molecular weight excluding hydrogens is 306 g/mol. The number of ether oxygens (including phenoxy) is 1. The predicted octanol–water partition coefficient (Wildman–Crippen LogP) is 3.05. The first kappa shape index (κ1) is 12.8. The average Bonchev–Trinajstić information content (AvgIpc) is 3.05. The molecule has 1 aliphatic heterocycles. The van der Waals surface area contributed by atoms with Gasteiger partial charge < -0.3 is 4.74 Å². The fourth-order valence-corrected chi connectivity index (χ4v) is 2.90. The lowest BCUT2D eigenvalue weighted by Crippen LogP contribution is -2.09. The number of para-hydroxylation sites is 1. The van der Waals surface area contributed by atoms with Crippen LogP contribution in [0, 0.1) is 0 Å². The smallest absolute Gasteiger partial charge is 0.148 e. The molecule has 100 valence electrons. The summed E-state index contributed by atoms with van der Waals surface area (Å²) in [5, 5.41) is 9.37. The van der Waals surface area contributed by atoms with E-state index in [9.17, 15) is 0 Å². The van der Waals surface area contributed by atoms with Gasteiger partial charge in [0.1, 0.15) is 11.6 Å². The number of hydrogen-bond donors (Lipinski definition) is 0. The highest BCUT2D eigenvalue weighted by Crippen LogP contribution is 2.30. The number of benzene rings is 1. The summed E-state index contributed by atoms with van der Waals surface area (Å²) in [6.07, 6.45) is 1.31. The fraction of sp³-hybridized carbons (Fsp3) is 0.429. The van der Waals surface area contributed by atoms with E-state index < -0.39 is 0 Å². The summed E-state index contributed by atoms with van der Waals surface area (Å²) in [6.45, 7) is 2.84. The molecule has 2 atom stereocenters. The lowest BCUT2D eigenvalue weighted by Gasteiger charge is -2.12. The monoisotopic (exact) mass is 321 g/mol. The predicted molar refractivity (Wildman–Crippen MR) is 76.8 cm³/mol. The molecule has 2 heterocycles. The number of rotatable bonds is 3. The molecule has 0 N–H and O–H groups in total. The summed E-state index contributed by atoms with van der Waals surface area (Å²) in [5.74, 6) is 2.27. The van der Waals surface area contributed by atoms with E-state index in [1.165, 1.54) is 0 Å². The molecule has 0 amide bonds. The Morgan fingerprint density at radius 3 is 2.74 bits per heavy atom. The topological polar surface area (TPSA) is 39.9 Å². The van der Waals surface area contributed by atoms with Gasteiger partial charge in [0.05, 0.1) is 18.0 Å². The molecule has 5 heteroatoms. The maximum atomic E-state index is 5.66. The van der Waals surface area contributed by atoms with Gasteiger partial charge in [-0.25, -0.2) is 0 Å². The zero-order chi connectivity index (χ0) is 13.2. The van der Waals surface area contributed by atoms with Crippen molar-refractivity contribution in [2.75, 3.05) is 6.61 Å². The molecule has 1 aromatic carbocycles. The lowest BCUT2D eigenvalue weighted by atomic mass is 10.1. The van der Waals surface area contributed by atoms with E-state index in [1.807, 2.05) is 18.2 Å². The van der Waals surface area contributed by atoms with Gasteiger partial charge in [0.2, 0.25) is 0 Å². The quantitative estimate of drug-likeness (QED) is 0.816. The van der Waals surface area contributed by atoms with Crippen molar-refractivity contribution in [3.63, 3.8) is 0 Å². The van der Waals surface area contributed by atoms with E-state index in [2.05, 4.69) is 49.8 Å². The van der Waals surface area contributed by atoms with Crippen LogP contribution in [0.1, 0.15) is 30.9 Å². The van der Waals surface area contributed by atoms with Crippen LogP contribution in [0.25, 0.3) is 5.69 Å². The van der Waals surface area contributed by atoms with Crippen molar-refractivity contribution in [2.45, 2.75) is 30.7 Å². The van der Waals surface area contributed by atoms with Crippen LogP contribution in [0.5, 0.6) is 0 Å². The molecule has 2 unspecified atom stereocenters. The Bertz CT molecular complexity index is 555. The van der Waals surface area contributed by atoms with E-state index in [-0.39, 0.29) is 0 Å². The summed E-state index contributed by atoms with van der Waals surface area (Å²) in [5.41, 5.74) is 1.11. The standard InChI is InChI=1S/C14H16BrN3O/c1-10-7-11(9-19-10)14-17-16-13(8-15)18(14)12-5-3-2-4-6-12/h2-6,10-11H,7-9H2,1H3. The number of alkyl halides is 1. The lowest BCUT2D eigenvalue weighted by molar-refractivity contribution is 0.123. The van der Waals surface area contributed by atoms with Gasteiger partial charge in [0.15, 0.2) is 0 Å². The Labute approximate surface area is 120 Å². The minimum absolute atomic E-state index is 0.304. The van der Waals surface area contributed by atoms with Gasteiger partial charge in [-0.2, -0.15) is 0 Å². The minimum Gasteiger partial charge on any atom is -0.378 e. The number of halogens is 1. The van der Waals surface area contributed by atoms with Gasteiger partial charge in [-0.1, -0.05) is 34.1 Å².